The molecule has 3 heteroatoms. The second-order valence-corrected chi connectivity index (χ2v) is 27.3. The van der Waals surface area contributed by atoms with Crippen molar-refractivity contribution in [1.29, 1.82) is 0 Å². The number of hydrogen-bond acceptors (Lipinski definition) is 3. The Morgan fingerprint density at radius 2 is 0.524 bits per heavy atom. The molecule has 5 aliphatic carbocycles. The lowest BCUT2D eigenvalue weighted by molar-refractivity contribution is 0.197. The van der Waals surface area contributed by atoms with Crippen molar-refractivity contribution >= 4 is 0 Å². The first-order valence-corrected chi connectivity index (χ1v) is 30.7. The van der Waals surface area contributed by atoms with E-state index in [1.54, 1.807) is 0 Å². The third kappa shape index (κ3) is 7.41. The molecule has 0 aliphatic heterocycles. The molecule has 0 spiro atoms. The van der Waals surface area contributed by atoms with Gasteiger partial charge in [0.2, 0.25) is 0 Å². The molecule has 0 amide bonds. The highest BCUT2D eigenvalue weighted by Gasteiger charge is 2.45. The Bertz CT molecular complexity index is 4460. The van der Waals surface area contributed by atoms with Crippen molar-refractivity contribution in [2.45, 2.75) is 122 Å². The van der Waals surface area contributed by atoms with Gasteiger partial charge in [-0.05, 0) is 235 Å². The molecular formula is C81H74O3. The molecular weight excluding hydrogens is 1020 g/mol. The van der Waals surface area contributed by atoms with Crippen LogP contribution in [0.3, 0.4) is 0 Å². The average Bonchev–Trinajstić information content (AvgIpc) is 2.08. The van der Waals surface area contributed by atoms with Crippen molar-refractivity contribution in [1.82, 2.24) is 0 Å². The molecule has 0 radical (unpaired) electrons. The van der Waals surface area contributed by atoms with Gasteiger partial charge in [-0.2, -0.15) is 0 Å². The highest BCUT2D eigenvalue weighted by molar-refractivity contribution is 5.92. The summed E-state index contributed by atoms with van der Waals surface area (Å²) in [5.41, 5.74) is 36.3. The van der Waals surface area contributed by atoms with Crippen molar-refractivity contribution in [3.05, 3.63) is 249 Å². The summed E-state index contributed by atoms with van der Waals surface area (Å²) in [5, 5.41) is 32.2. The molecule has 1 unspecified atom stereocenters. The maximum atomic E-state index is 11.8. The van der Waals surface area contributed by atoms with Gasteiger partial charge in [-0.1, -0.05) is 202 Å². The molecule has 0 saturated carbocycles. The lowest BCUT2D eigenvalue weighted by Crippen LogP contribution is -2.30. The summed E-state index contributed by atoms with van der Waals surface area (Å²) in [5.74, 6) is 0. The van der Waals surface area contributed by atoms with Crippen molar-refractivity contribution < 1.29 is 15.3 Å². The molecule has 3 N–H and O–H groups in total. The predicted octanol–water partition coefficient (Wildman–Crippen LogP) is 19.1. The van der Waals surface area contributed by atoms with Crippen LogP contribution in [0.4, 0.5) is 0 Å². The minimum absolute atomic E-state index is 0.0425. The smallest absolute Gasteiger partial charge is 0.0681 e. The van der Waals surface area contributed by atoms with E-state index in [-0.39, 0.29) is 41.5 Å². The van der Waals surface area contributed by atoms with Crippen LogP contribution in [0.5, 0.6) is 0 Å². The Kier molecular flexibility index (Phi) is 11.7. The molecule has 0 bridgehead atoms. The summed E-state index contributed by atoms with van der Waals surface area (Å²) in [6, 6.07) is 69.6. The number of hydrogen-bond donors (Lipinski definition) is 3. The summed E-state index contributed by atoms with van der Waals surface area (Å²) in [6.45, 7) is 21.2. The van der Waals surface area contributed by atoms with Crippen LogP contribution >= 0.6 is 0 Å². The molecule has 0 heterocycles. The Morgan fingerprint density at radius 1 is 0.286 bits per heavy atom. The number of aliphatic hydroxyl groups excluding tert-OH is 3. The van der Waals surface area contributed by atoms with Crippen molar-refractivity contribution in [2.75, 3.05) is 13.2 Å². The average molecular weight is 1100 g/mol. The zero-order chi connectivity index (χ0) is 58.0. The molecule has 10 aromatic carbocycles. The van der Waals surface area contributed by atoms with E-state index in [2.05, 4.69) is 238 Å². The lowest BCUT2D eigenvalue weighted by Gasteiger charge is -2.30. The molecule has 3 nitrogen and oxygen atoms in total. The van der Waals surface area contributed by atoms with E-state index in [1.165, 1.54) is 122 Å². The van der Waals surface area contributed by atoms with Gasteiger partial charge in [0, 0.05) is 33.7 Å². The van der Waals surface area contributed by atoms with Gasteiger partial charge in [0.25, 0.3) is 0 Å². The molecule has 0 aromatic heterocycles. The van der Waals surface area contributed by atoms with Crippen LogP contribution in [0.1, 0.15) is 148 Å². The Morgan fingerprint density at radius 3 is 0.786 bits per heavy atom. The summed E-state index contributed by atoms with van der Waals surface area (Å²) >= 11 is 0. The van der Waals surface area contributed by atoms with Crippen LogP contribution in [0, 0.1) is 0 Å². The summed E-state index contributed by atoms with van der Waals surface area (Å²) < 4.78 is 0. The maximum absolute atomic E-state index is 11.8. The van der Waals surface area contributed by atoms with Crippen LogP contribution in [-0.2, 0) is 40.1 Å². The van der Waals surface area contributed by atoms with Crippen LogP contribution in [0.25, 0.3) is 100 Å². The first kappa shape index (κ1) is 52.9. The van der Waals surface area contributed by atoms with E-state index >= 15 is 0 Å². The van der Waals surface area contributed by atoms with Gasteiger partial charge >= 0.3 is 0 Å². The third-order valence-electron chi connectivity index (χ3n) is 21.3. The SMILES string of the molecule is CCCc1ccc2c(c1)C(C)(C)c1cc(-c3ccc4c(c3)C(C)(C)c3cc(-c5ccc6c(c5)C(CO)(CCCO)c5cc(-c7ccc8c(c7)C(C)(C)c7cc(-c9ccc%10c(c9)C(C)(C)c9cc(CO)ccc9-%10)ccc7-8)ccc5-6)ccc3-4)ccc1-2. The van der Waals surface area contributed by atoms with Crippen molar-refractivity contribution in [3.63, 3.8) is 0 Å². The zero-order valence-corrected chi connectivity index (χ0v) is 50.1. The van der Waals surface area contributed by atoms with E-state index < -0.39 is 5.41 Å². The number of fused-ring (bicyclic) bond motifs is 15. The number of rotatable bonds is 11. The Balaban J connectivity index is 0.724. The van der Waals surface area contributed by atoms with Gasteiger partial charge < -0.3 is 15.3 Å². The van der Waals surface area contributed by atoms with Gasteiger partial charge in [-0.15, -0.1) is 0 Å². The fourth-order valence-electron chi connectivity index (χ4n) is 16.4. The normalized spacial score (nSPS) is 17.6. The highest BCUT2D eigenvalue weighted by Crippen LogP contribution is 2.58. The number of aryl methyl sites for hydroxylation is 1. The molecule has 10 aromatic rings. The van der Waals surface area contributed by atoms with E-state index in [1.807, 2.05) is 6.07 Å². The standard InChI is InChI=1S/C81H74O3/c1-10-12-47-13-23-57-59-25-15-49(37-69(59)77(2,3)67(57)35-47)51-17-27-61-63-29-19-53(41-73(63)79(6,7)71(61)39-51)55-21-31-65-66-32-22-56(44-76(66)81(46-84,33-11-34-82)75(65)43-55)54-20-30-64-62-28-18-52(40-72(62)80(8,9)74(64)42-54)50-16-26-60-58-24-14-48(45-83)36-68(58)78(4,5)70(60)38-50/h13-32,35-44,82-84H,10-12,33-34,45-46H2,1-9H3. The van der Waals surface area contributed by atoms with Crippen molar-refractivity contribution in [2.24, 2.45) is 0 Å². The first-order chi connectivity index (χ1) is 40.4. The Labute approximate surface area is 496 Å². The zero-order valence-electron chi connectivity index (χ0n) is 50.1. The fourth-order valence-corrected chi connectivity index (χ4v) is 16.4. The monoisotopic (exact) mass is 1090 g/mol. The number of benzene rings is 10. The van der Waals surface area contributed by atoms with Gasteiger partial charge in [-0.3, -0.25) is 0 Å². The molecule has 0 fully saturated rings. The van der Waals surface area contributed by atoms with Crippen LogP contribution < -0.4 is 0 Å². The van der Waals surface area contributed by atoms with E-state index in [9.17, 15) is 15.3 Å². The van der Waals surface area contributed by atoms with Crippen molar-refractivity contribution in [3.8, 4) is 100 Å². The molecule has 0 saturated heterocycles. The van der Waals surface area contributed by atoms with E-state index in [0.717, 1.165) is 57.3 Å². The summed E-state index contributed by atoms with van der Waals surface area (Å²) in [7, 11) is 0. The van der Waals surface area contributed by atoms with Gasteiger partial charge in [0.1, 0.15) is 0 Å². The lowest BCUT2D eigenvalue weighted by atomic mass is 9.74. The Hall–Kier alpha value is -7.92. The van der Waals surface area contributed by atoms with Crippen LogP contribution in [-0.4, -0.2) is 28.5 Å². The second-order valence-electron chi connectivity index (χ2n) is 27.3. The third-order valence-corrected chi connectivity index (χ3v) is 21.3. The molecule has 84 heavy (non-hydrogen) atoms. The number of aliphatic hydroxyl groups is 3. The fraction of sp³-hybridized carbons (Fsp3) is 0.259. The molecule has 1 atom stereocenters. The van der Waals surface area contributed by atoms with Crippen LogP contribution in [0.2, 0.25) is 0 Å². The van der Waals surface area contributed by atoms with Gasteiger partial charge in [0.05, 0.1) is 13.2 Å². The molecule has 5 aliphatic rings. The molecule has 15 rings (SSSR count). The predicted molar refractivity (Wildman–Crippen MR) is 348 cm³/mol. The molecule has 416 valence electrons. The minimum Gasteiger partial charge on any atom is -0.396 e. The minimum atomic E-state index is -0.684. The van der Waals surface area contributed by atoms with E-state index in [0.29, 0.717) is 12.8 Å². The highest BCUT2D eigenvalue weighted by atomic mass is 16.3. The summed E-state index contributed by atoms with van der Waals surface area (Å²) in [4.78, 5) is 0. The summed E-state index contributed by atoms with van der Waals surface area (Å²) in [6.07, 6.45) is 3.47. The van der Waals surface area contributed by atoms with Crippen LogP contribution in [0.15, 0.2) is 182 Å². The van der Waals surface area contributed by atoms with E-state index in [4.69, 9.17) is 0 Å². The largest absolute Gasteiger partial charge is 0.396 e. The maximum Gasteiger partial charge on any atom is 0.0681 e. The quantitative estimate of drug-likeness (QED) is 0.121. The first-order valence-electron chi connectivity index (χ1n) is 30.7. The van der Waals surface area contributed by atoms with Gasteiger partial charge in [-0.25, -0.2) is 0 Å². The van der Waals surface area contributed by atoms with Gasteiger partial charge in [0.15, 0.2) is 0 Å². The topological polar surface area (TPSA) is 60.7 Å². The second kappa shape index (κ2) is 18.5.